The van der Waals surface area contributed by atoms with Gasteiger partial charge in [0, 0.05) is 40.9 Å². The van der Waals surface area contributed by atoms with E-state index in [1.165, 1.54) is 6.07 Å². The summed E-state index contributed by atoms with van der Waals surface area (Å²) in [5, 5.41) is 7.52. The quantitative estimate of drug-likeness (QED) is 0.402. The SMILES string of the molecule is O=C(NCc1ccccc1F)c1ccc(NCc2cc3ccccc3nc2Cl)cc1. The highest BCUT2D eigenvalue weighted by Crippen LogP contribution is 2.21. The van der Waals surface area contributed by atoms with Crippen molar-refractivity contribution in [3.63, 3.8) is 0 Å². The lowest BCUT2D eigenvalue weighted by Crippen LogP contribution is -2.23. The Morgan fingerprint density at radius 3 is 2.43 bits per heavy atom. The van der Waals surface area contributed by atoms with Gasteiger partial charge in [0.1, 0.15) is 11.0 Å². The van der Waals surface area contributed by atoms with E-state index in [2.05, 4.69) is 15.6 Å². The lowest BCUT2D eigenvalue weighted by molar-refractivity contribution is 0.0950. The molecule has 4 aromatic rings. The molecule has 2 N–H and O–H groups in total. The van der Waals surface area contributed by atoms with E-state index in [9.17, 15) is 9.18 Å². The third kappa shape index (κ3) is 4.58. The van der Waals surface area contributed by atoms with Gasteiger partial charge < -0.3 is 10.6 Å². The van der Waals surface area contributed by atoms with Crippen molar-refractivity contribution >= 4 is 34.1 Å². The maximum Gasteiger partial charge on any atom is 0.251 e. The summed E-state index contributed by atoms with van der Waals surface area (Å²) in [6, 6.07) is 23.3. The molecule has 0 fully saturated rings. The number of rotatable bonds is 6. The molecule has 0 atom stereocenters. The maximum atomic E-state index is 13.7. The summed E-state index contributed by atoms with van der Waals surface area (Å²) in [6.07, 6.45) is 0. The number of hydrogen-bond acceptors (Lipinski definition) is 3. The van der Waals surface area contributed by atoms with Crippen molar-refractivity contribution in [2.45, 2.75) is 13.1 Å². The molecule has 0 radical (unpaired) electrons. The zero-order valence-corrected chi connectivity index (χ0v) is 16.8. The van der Waals surface area contributed by atoms with Crippen LogP contribution in [0.2, 0.25) is 5.15 Å². The summed E-state index contributed by atoms with van der Waals surface area (Å²) < 4.78 is 13.7. The van der Waals surface area contributed by atoms with E-state index in [0.29, 0.717) is 22.8 Å². The number of anilines is 1. The van der Waals surface area contributed by atoms with Crippen molar-refractivity contribution in [2.24, 2.45) is 0 Å². The maximum absolute atomic E-state index is 13.7. The van der Waals surface area contributed by atoms with Gasteiger partial charge in [0.05, 0.1) is 5.52 Å². The Morgan fingerprint density at radius 1 is 0.900 bits per heavy atom. The molecule has 0 saturated heterocycles. The molecule has 0 bridgehead atoms. The minimum Gasteiger partial charge on any atom is -0.381 e. The van der Waals surface area contributed by atoms with Crippen LogP contribution in [-0.2, 0) is 13.1 Å². The van der Waals surface area contributed by atoms with Crippen molar-refractivity contribution in [3.05, 3.63) is 107 Å². The first kappa shape index (κ1) is 19.9. The zero-order chi connectivity index (χ0) is 20.9. The Morgan fingerprint density at radius 2 is 1.63 bits per heavy atom. The molecule has 30 heavy (non-hydrogen) atoms. The fourth-order valence-electron chi connectivity index (χ4n) is 3.12. The van der Waals surface area contributed by atoms with Gasteiger partial charge in [-0.25, -0.2) is 9.37 Å². The number of benzene rings is 3. The number of halogens is 2. The van der Waals surface area contributed by atoms with Crippen LogP contribution in [0.1, 0.15) is 21.5 Å². The second-order valence-electron chi connectivity index (χ2n) is 6.84. The van der Waals surface area contributed by atoms with Crippen molar-refractivity contribution in [3.8, 4) is 0 Å². The first-order valence-electron chi connectivity index (χ1n) is 9.50. The Balaban J connectivity index is 1.37. The van der Waals surface area contributed by atoms with Crippen LogP contribution in [0.3, 0.4) is 0 Å². The summed E-state index contributed by atoms with van der Waals surface area (Å²) in [4.78, 5) is 16.7. The van der Waals surface area contributed by atoms with Gasteiger partial charge in [-0.2, -0.15) is 0 Å². The fraction of sp³-hybridized carbons (Fsp3) is 0.0833. The van der Waals surface area contributed by atoms with Gasteiger partial charge >= 0.3 is 0 Å². The van der Waals surface area contributed by atoms with E-state index in [1.807, 2.05) is 42.5 Å². The number of para-hydroxylation sites is 1. The van der Waals surface area contributed by atoms with Gasteiger partial charge in [-0.05, 0) is 42.5 Å². The van der Waals surface area contributed by atoms with Gasteiger partial charge in [0.25, 0.3) is 5.91 Å². The van der Waals surface area contributed by atoms with Gasteiger partial charge in [-0.1, -0.05) is 48.0 Å². The highest BCUT2D eigenvalue weighted by atomic mass is 35.5. The average Bonchev–Trinajstić information content (AvgIpc) is 2.77. The van der Waals surface area contributed by atoms with Crippen LogP contribution in [0.4, 0.5) is 10.1 Å². The van der Waals surface area contributed by atoms with Crippen LogP contribution >= 0.6 is 11.6 Å². The molecule has 3 aromatic carbocycles. The highest BCUT2D eigenvalue weighted by molar-refractivity contribution is 6.30. The first-order valence-corrected chi connectivity index (χ1v) is 9.87. The predicted molar refractivity (Wildman–Crippen MR) is 118 cm³/mol. The molecule has 1 heterocycles. The minimum atomic E-state index is -0.334. The van der Waals surface area contributed by atoms with Crippen LogP contribution in [0, 0.1) is 5.82 Å². The second kappa shape index (κ2) is 8.93. The van der Waals surface area contributed by atoms with Crippen LogP contribution in [0.5, 0.6) is 0 Å². The third-order valence-electron chi connectivity index (χ3n) is 4.78. The zero-order valence-electron chi connectivity index (χ0n) is 16.0. The topological polar surface area (TPSA) is 54.0 Å². The number of hydrogen-bond donors (Lipinski definition) is 2. The Labute approximate surface area is 178 Å². The number of carbonyl (C=O) groups is 1. The highest BCUT2D eigenvalue weighted by Gasteiger charge is 2.08. The summed E-state index contributed by atoms with van der Waals surface area (Å²) in [5.74, 6) is -0.592. The van der Waals surface area contributed by atoms with Gasteiger partial charge in [0.2, 0.25) is 0 Å². The van der Waals surface area contributed by atoms with Crippen molar-refractivity contribution in [2.75, 3.05) is 5.32 Å². The second-order valence-corrected chi connectivity index (χ2v) is 7.19. The molecule has 1 aromatic heterocycles. The Kier molecular flexibility index (Phi) is 5.91. The normalized spacial score (nSPS) is 10.7. The summed E-state index contributed by atoms with van der Waals surface area (Å²) in [6.45, 7) is 0.647. The summed E-state index contributed by atoms with van der Waals surface area (Å²) >= 11 is 6.30. The van der Waals surface area contributed by atoms with E-state index < -0.39 is 0 Å². The van der Waals surface area contributed by atoms with Crippen molar-refractivity contribution < 1.29 is 9.18 Å². The average molecular weight is 420 g/mol. The molecule has 4 nitrogen and oxygen atoms in total. The van der Waals surface area contributed by atoms with Crippen molar-refractivity contribution in [1.29, 1.82) is 0 Å². The summed E-state index contributed by atoms with van der Waals surface area (Å²) in [7, 11) is 0. The van der Waals surface area contributed by atoms with E-state index in [1.54, 1.807) is 30.3 Å². The van der Waals surface area contributed by atoms with Gasteiger partial charge in [-0.15, -0.1) is 0 Å². The molecule has 0 aliphatic rings. The van der Waals surface area contributed by atoms with Crippen LogP contribution in [0.15, 0.2) is 78.9 Å². The first-order chi connectivity index (χ1) is 14.6. The Hall–Kier alpha value is -3.44. The lowest BCUT2D eigenvalue weighted by Gasteiger charge is -2.10. The number of fused-ring (bicyclic) bond motifs is 1. The summed E-state index contributed by atoms with van der Waals surface area (Å²) in [5.41, 5.74) is 3.55. The molecule has 0 aliphatic carbocycles. The number of nitrogens with one attached hydrogen (secondary N) is 2. The van der Waals surface area contributed by atoms with Gasteiger partial charge in [-0.3, -0.25) is 4.79 Å². The molecule has 0 aliphatic heterocycles. The Bertz CT molecular complexity index is 1190. The molecule has 0 saturated carbocycles. The lowest BCUT2D eigenvalue weighted by atomic mass is 10.1. The molecule has 6 heteroatoms. The minimum absolute atomic E-state index is 0.138. The van der Waals surface area contributed by atoms with Gasteiger partial charge in [0.15, 0.2) is 0 Å². The monoisotopic (exact) mass is 419 g/mol. The molecular weight excluding hydrogens is 401 g/mol. The third-order valence-corrected chi connectivity index (χ3v) is 5.10. The molecular formula is C24H19ClFN3O. The molecule has 0 unspecified atom stereocenters. The molecule has 0 spiro atoms. The number of aromatic nitrogens is 1. The van der Waals surface area contributed by atoms with Crippen LogP contribution < -0.4 is 10.6 Å². The number of nitrogens with zero attached hydrogens (tertiary/aromatic N) is 1. The van der Waals surface area contributed by atoms with Crippen LogP contribution in [-0.4, -0.2) is 10.9 Å². The van der Waals surface area contributed by atoms with E-state index in [0.717, 1.165) is 22.2 Å². The van der Waals surface area contributed by atoms with E-state index in [-0.39, 0.29) is 18.3 Å². The molecule has 4 rings (SSSR count). The number of amides is 1. The largest absolute Gasteiger partial charge is 0.381 e. The molecule has 150 valence electrons. The molecule has 1 amide bonds. The smallest absolute Gasteiger partial charge is 0.251 e. The number of pyridine rings is 1. The standard InChI is InChI=1S/C24H19ClFN3O/c25-23-19(13-17-5-2-4-8-22(17)29-23)15-27-20-11-9-16(10-12-20)24(30)28-14-18-6-1-3-7-21(18)26/h1-13,27H,14-15H2,(H,28,30). The predicted octanol–water partition coefficient (Wildman–Crippen LogP) is 5.57. The fourth-order valence-corrected chi connectivity index (χ4v) is 3.33. The van der Waals surface area contributed by atoms with Crippen LogP contribution in [0.25, 0.3) is 10.9 Å². The van der Waals surface area contributed by atoms with E-state index in [4.69, 9.17) is 11.6 Å². The van der Waals surface area contributed by atoms with E-state index >= 15 is 0 Å². The van der Waals surface area contributed by atoms with Crippen molar-refractivity contribution in [1.82, 2.24) is 10.3 Å². The number of carbonyl (C=O) groups excluding carboxylic acids is 1.